The number of halogens is 1. The van der Waals surface area contributed by atoms with Gasteiger partial charge in [0.15, 0.2) is 0 Å². The van der Waals surface area contributed by atoms with Gasteiger partial charge in [0, 0.05) is 0 Å². The van der Waals surface area contributed by atoms with E-state index in [0.29, 0.717) is 5.02 Å². The fourth-order valence-electron chi connectivity index (χ4n) is 1.21. The molecule has 1 aromatic carbocycles. The summed E-state index contributed by atoms with van der Waals surface area (Å²) in [5, 5.41) is 0.678. The molecule has 0 aromatic heterocycles. The molecule has 0 aliphatic rings. The Morgan fingerprint density at radius 2 is 2.07 bits per heavy atom. The van der Waals surface area contributed by atoms with Crippen LogP contribution in [0.5, 0.6) is 5.75 Å². The van der Waals surface area contributed by atoms with Crippen LogP contribution in [-0.4, -0.2) is 8.32 Å². The molecule has 14 heavy (non-hydrogen) atoms. The minimum Gasteiger partial charge on any atom is -0.543 e. The molecule has 76 valence electrons. The van der Waals surface area contributed by atoms with Crippen LogP contribution in [-0.2, 0) is 0 Å². The van der Waals surface area contributed by atoms with E-state index >= 15 is 0 Å². The summed E-state index contributed by atoms with van der Waals surface area (Å²) in [4.78, 5) is 0. The predicted octanol–water partition coefficient (Wildman–Crippen LogP) is 4.11. The van der Waals surface area contributed by atoms with Gasteiger partial charge >= 0.3 is 0 Å². The Morgan fingerprint density at radius 1 is 1.43 bits per heavy atom. The van der Waals surface area contributed by atoms with Gasteiger partial charge in [-0.05, 0) is 31.3 Å². The van der Waals surface area contributed by atoms with E-state index in [0.717, 1.165) is 11.8 Å². The van der Waals surface area contributed by atoms with E-state index in [1.54, 1.807) is 0 Å². The average molecular weight is 227 g/mol. The SMILES string of the molecule is C=CC[Si](C)(C)Oc1ccccc1Cl. The van der Waals surface area contributed by atoms with Crippen LogP contribution in [0.3, 0.4) is 0 Å². The molecule has 0 spiro atoms. The first kappa shape index (κ1) is 11.3. The molecule has 0 fully saturated rings. The van der Waals surface area contributed by atoms with Gasteiger partial charge in [0.25, 0.3) is 0 Å². The lowest BCUT2D eigenvalue weighted by Crippen LogP contribution is -2.33. The Morgan fingerprint density at radius 3 is 2.64 bits per heavy atom. The number of rotatable bonds is 4. The van der Waals surface area contributed by atoms with Crippen LogP contribution in [0.1, 0.15) is 0 Å². The summed E-state index contributed by atoms with van der Waals surface area (Å²) in [5.41, 5.74) is 0. The lowest BCUT2D eigenvalue weighted by atomic mass is 10.3. The van der Waals surface area contributed by atoms with Crippen molar-refractivity contribution in [1.82, 2.24) is 0 Å². The summed E-state index contributed by atoms with van der Waals surface area (Å²) in [6.45, 7) is 8.03. The van der Waals surface area contributed by atoms with E-state index in [1.165, 1.54) is 0 Å². The Bertz CT molecular complexity index is 323. The van der Waals surface area contributed by atoms with Crippen molar-refractivity contribution in [3.05, 3.63) is 41.9 Å². The molecule has 1 nitrogen and oxygen atoms in total. The second kappa shape index (κ2) is 4.67. The van der Waals surface area contributed by atoms with Gasteiger partial charge in [0.05, 0.1) is 5.02 Å². The summed E-state index contributed by atoms with van der Waals surface area (Å²) >= 11 is 6.00. The van der Waals surface area contributed by atoms with E-state index in [-0.39, 0.29) is 0 Å². The zero-order valence-corrected chi connectivity index (χ0v) is 10.3. The molecule has 0 aliphatic carbocycles. The zero-order chi connectivity index (χ0) is 10.6. The summed E-state index contributed by atoms with van der Waals surface area (Å²) in [6.07, 6.45) is 1.91. The van der Waals surface area contributed by atoms with Crippen molar-refractivity contribution in [1.29, 1.82) is 0 Å². The first-order valence-corrected chi connectivity index (χ1v) is 8.09. The minimum absolute atomic E-state index is 0.678. The molecule has 0 heterocycles. The topological polar surface area (TPSA) is 9.23 Å². The molecule has 0 atom stereocenters. The second-order valence-corrected chi connectivity index (χ2v) is 8.32. The number of benzene rings is 1. The van der Waals surface area contributed by atoms with Crippen molar-refractivity contribution in [2.45, 2.75) is 19.1 Å². The molecule has 0 radical (unpaired) electrons. The first-order valence-electron chi connectivity index (χ1n) is 4.59. The molecule has 0 aliphatic heterocycles. The molecule has 0 saturated heterocycles. The second-order valence-electron chi connectivity index (χ2n) is 3.78. The monoisotopic (exact) mass is 226 g/mol. The molecule has 0 bridgehead atoms. The highest BCUT2D eigenvalue weighted by atomic mass is 35.5. The van der Waals surface area contributed by atoms with Crippen LogP contribution in [0, 0.1) is 0 Å². The lowest BCUT2D eigenvalue weighted by Gasteiger charge is -2.23. The maximum atomic E-state index is 6.00. The third-order valence-corrected chi connectivity index (χ3v) is 4.22. The lowest BCUT2D eigenvalue weighted by molar-refractivity contribution is 0.553. The normalized spacial score (nSPS) is 11.1. The van der Waals surface area contributed by atoms with Gasteiger partial charge in [0.2, 0.25) is 8.32 Å². The summed E-state index contributed by atoms with van der Waals surface area (Å²) in [6, 6.07) is 8.50. The molecule has 0 saturated carbocycles. The third-order valence-electron chi connectivity index (χ3n) is 1.86. The van der Waals surface area contributed by atoms with Gasteiger partial charge in [0.1, 0.15) is 5.75 Å². The molecular formula is C11H15ClOSi. The molecule has 0 unspecified atom stereocenters. The van der Waals surface area contributed by atoms with Crippen LogP contribution in [0.15, 0.2) is 36.9 Å². The van der Waals surface area contributed by atoms with Gasteiger partial charge in [-0.2, -0.15) is 0 Å². The van der Waals surface area contributed by atoms with Crippen LogP contribution in [0.2, 0.25) is 24.2 Å². The van der Waals surface area contributed by atoms with E-state index in [9.17, 15) is 0 Å². The third kappa shape index (κ3) is 3.20. The average Bonchev–Trinajstić information content (AvgIpc) is 2.08. The molecular weight excluding hydrogens is 212 g/mol. The quantitative estimate of drug-likeness (QED) is 0.555. The maximum absolute atomic E-state index is 6.00. The van der Waals surface area contributed by atoms with Crippen LogP contribution in [0.4, 0.5) is 0 Å². The highest BCUT2D eigenvalue weighted by molar-refractivity contribution is 6.72. The van der Waals surface area contributed by atoms with Gasteiger partial charge in [-0.15, -0.1) is 6.58 Å². The van der Waals surface area contributed by atoms with Gasteiger partial charge in [-0.1, -0.05) is 29.8 Å². The van der Waals surface area contributed by atoms with Crippen LogP contribution < -0.4 is 4.43 Å². The van der Waals surface area contributed by atoms with Gasteiger partial charge in [-0.25, -0.2) is 0 Å². The fourth-order valence-corrected chi connectivity index (χ4v) is 3.01. The smallest absolute Gasteiger partial charge is 0.248 e. The molecule has 0 N–H and O–H groups in total. The molecule has 3 heteroatoms. The highest BCUT2D eigenvalue weighted by Crippen LogP contribution is 2.27. The van der Waals surface area contributed by atoms with E-state index < -0.39 is 8.32 Å². The largest absolute Gasteiger partial charge is 0.543 e. The number of para-hydroxylation sites is 1. The van der Waals surface area contributed by atoms with Crippen molar-refractivity contribution in [3.8, 4) is 5.75 Å². The van der Waals surface area contributed by atoms with Crippen molar-refractivity contribution < 1.29 is 4.43 Å². The predicted molar refractivity (Wildman–Crippen MR) is 64.6 cm³/mol. The molecule has 0 amide bonds. The maximum Gasteiger partial charge on any atom is 0.248 e. The van der Waals surface area contributed by atoms with Gasteiger partial charge in [-0.3, -0.25) is 0 Å². The van der Waals surface area contributed by atoms with Crippen LogP contribution in [0.25, 0.3) is 0 Å². The van der Waals surface area contributed by atoms with E-state index in [4.69, 9.17) is 16.0 Å². The Kier molecular flexibility index (Phi) is 3.78. The van der Waals surface area contributed by atoms with Crippen molar-refractivity contribution in [2.75, 3.05) is 0 Å². The Hall–Kier alpha value is -0.733. The first-order chi connectivity index (χ1) is 6.55. The fraction of sp³-hybridized carbons (Fsp3) is 0.273. The summed E-state index contributed by atoms with van der Waals surface area (Å²) < 4.78 is 5.91. The van der Waals surface area contributed by atoms with Crippen molar-refractivity contribution >= 4 is 19.9 Å². The van der Waals surface area contributed by atoms with Crippen molar-refractivity contribution in [3.63, 3.8) is 0 Å². The highest BCUT2D eigenvalue weighted by Gasteiger charge is 2.23. The van der Waals surface area contributed by atoms with Crippen molar-refractivity contribution in [2.24, 2.45) is 0 Å². The summed E-state index contributed by atoms with van der Waals surface area (Å²) in [7, 11) is -1.68. The Balaban J connectivity index is 2.78. The van der Waals surface area contributed by atoms with E-state index in [2.05, 4.69) is 19.7 Å². The standard InChI is InChI=1S/C11H15ClOSi/c1-4-9-14(2,3)13-11-8-6-5-7-10(11)12/h4-8H,1,9H2,2-3H3. The number of hydrogen-bond acceptors (Lipinski definition) is 1. The summed E-state index contributed by atoms with van der Waals surface area (Å²) in [5.74, 6) is 0.785. The molecule has 1 aromatic rings. The van der Waals surface area contributed by atoms with E-state index in [1.807, 2.05) is 30.3 Å². The number of allylic oxidation sites excluding steroid dienone is 1. The molecule has 1 rings (SSSR count). The minimum atomic E-state index is -1.68. The van der Waals surface area contributed by atoms with Gasteiger partial charge < -0.3 is 4.43 Å². The number of hydrogen-bond donors (Lipinski definition) is 0. The Labute approximate surface area is 91.5 Å². The van der Waals surface area contributed by atoms with Crippen LogP contribution >= 0.6 is 11.6 Å². The zero-order valence-electron chi connectivity index (χ0n) is 8.59.